The van der Waals surface area contributed by atoms with E-state index in [9.17, 15) is 14.0 Å². The van der Waals surface area contributed by atoms with Crippen LogP contribution in [-0.4, -0.2) is 53.9 Å². The van der Waals surface area contributed by atoms with Crippen LogP contribution in [0.4, 0.5) is 4.39 Å². The lowest BCUT2D eigenvalue weighted by Gasteiger charge is -2.11. The summed E-state index contributed by atoms with van der Waals surface area (Å²) in [5, 5.41) is 5.39. The van der Waals surface area contributed by atoms with Crippen molar-refractivity contribution in [2.45, 2.75) is 33.1 Å². The van der Waals surface area contributed by atoms with Crippen molar-refractivity contribution in [1.29, 1.82) is 0 Å². The second-order valence-electron chi connectivity index (χ2n) is 8.68. The standard InChI is InChI=1S/C25H29FN4O3/c1-14-5-8-19(26)24-23(14)18(15(2)28-24)9-10-27-25(32)21-11-16-6-7-17(12-20(16)29-21)33-13-22(31)30(3)4/h6-7,11-12,28-29H,5,8-10,13H2,1-4H3,(H,27,32). The molecule has 0 radical (unpaired) electrons. The average Bonchev–Trinajstić information content (AvgIpc) is 3.36. The van der Waals surface area contributed by atoms with E-state index in [0.29, 0.717) is 36.2 Å². The number of H-pyrrole nitrogens is 2. The Morgan fingerprint density at radius 1 is 1.15 bits per heavy atom. The highest BCUT2D eigenvalue weighted by Crippen LogP contribution is 2.22. The highest BCUT2D eigenvalue weighted by Gasteiger charge is 2.16. The Hall–Kier alpha value is -3.55. The summed E-state index contributed by atoms with van der Waals surface area (Å²) in [6, 6.07) is 7.17. The van der Waals surface area contributed by atoms with E-state index in [2.05, 4.69) is 15.3 Å². The van der Waals surface area contributed by atoms with Gasteiger partial charge in [-0.15, -0.1) is 0 Å². The van der Waals surface area contributed by atoms with Gasteiger partial charge in [-0.2, -0.15) is 0 Å². The van der Waals surface area contributed by atoms with Crippen molar-refractivity contribution in [2.75, 3.05) is 27.2 Å². The number of fused-ring (bicyclic) bond motifs is 2. The Kier molecular flexibility index (Phi) is 6.26. The molecule has 0 saturated heterocycles. The summed E-state index contributed by atoms with van der Waals surface area (Å²) >= 11 is 0. The van der Waals surface area contributed by atoms with E-state index < -0.39 is 0 Å². The van der Waals surface area contributed by atoms with E-state index >= 15 is 0 Å². The molecule has 1 aliphatic carbocycles. The lowest BCUT2D eigenvalue weighted by atomic mass is 9.99. The van der Waals surface area contributed by atoms with Gasteiger partial charge in [-0.25, -0.2) is 4.39 Å². The number of halogens is 1. The lowest BCUT2D eigenvalue weighted by Crippen LogP contribution is -2.33. The maximum absolute atomic E-state index is 14.2. The first-order valence-corrected chi connectivity index (χ1v) is 11.0. The zero-order valence-corrected chi connectivity index (χ0v) is 19.4. The second kappa shape index (κ2) is 9.13. The first-order valence-electron chi connectivity index (χ1n) is 11.0. The van der Waals surface area contributed by atoms with E-state index in [1.165, 1.54) is 10.5 Å². The van der Waals surface area contributed by atoms with Crippen LogP contribution in [0.25, 0.3) is 22.3 Å². The Morgan fingerprint density at radius 3 is 2.70 bits per heavy atom. The monoisotopic (exact) mass is 452 g/mol. The third-order valence-electron chi connectivity index (χ3n) is 6.09. The van der Waals surface area contributed by atoms with Crippen LogP contribution in [0.15, 0.2) is 24.3 Å². The normalized spacial score (nSPS) is 13.2. The van der Waals surface area contributed by atoms with Crippen molar-refractivity contribution in [3.8, 4) is 5.75 Å². The predicted octanol–water partition coefficient (Wildman–Crippen LogP) is 2.29. The number of hydrogen-bond acceptors (Lipinski definition) is 3. The van der Waals surface area contributed by atoms with Gasteiger partial charge in [0, 0.05) is 54.9 Å². The molecule has 1 aliphatic rings. The molecule has 8 heteroatoms. The first kappa shape index (κ1) is 22.6. The molecule has 0 unspecified atom stereocenters. The molecule has 2 amide bonds. The van der Waals surface area contributed by atoms with E-state index in [1.807, 2.05) is 19.9 Å². The molecule has 2 aromatic heterocycles. The topological polar surface area (TPSA) is 90.2 Å². The Bertz CT molecular complexity index is 1350. The van der Waals surface area contributed by atoms with E-state index in [4.69, 9.17) is 4.74 Å². The van der Waals surface area contributed by atoms with E-state index in [-0.39, 0.29) is 24.2 Å². The van der Waals surface area contributed by atoms with Gasteiger partial charge in [0.25, 0.3) is 11.8 Å². The van der Waals surface area contributed by atoms with Crippen molar-refractivity contribution in [1.82, 2.24) is 20.2 Å². The van der Waals surface area contributed by atoms with Gasteiger partial charge in [-0.3, -0.25) is 9.59 Å². The summed E-state index contributed by atoms with van der Waals surface area (Å²) in [5.41, 5.74) is 4.38. The fourth-order valence-corrected chi connectivity index (χ4v) is 4.19. The van der Waals surface area contributed by atoms with Gasteiger partial charge in [0.1, 0.15) is 17.3 Å². The summed E-state index contributed by atoms with van der Waals surface area (Å²) < 4.78 is 19.8. The minimum absolute atomic E-state index is 0.0482. The Labute approximate surface area is 191 Å². The summed E-state index contributed by atoms with van der Waals surface area (Å²) in [7, 11) is 3.35. The highest BCUT2D eigenvalue weighted by molar-refractivity contribution is 5.98. The van der Waals surface area contributed by atoms with Crippen LogP contribution in [0, 0.1) is 6.92 Å². The molecule has 2 heterocycles. The fourth-order valence-electron chi connectivity index (χ4n) is 4.19. The molecule has 1 aromatic carbocycles. The number of amides is 2. The number of rotatable bonds is 7. The smallest absolute Gasteiger partial charge is 0.267 e. The van der Waals surface area contributed by atoms with E-state index in [1.54, 1.807) is 32.3 Å². The number of aromatic amines is 2. The first-order chi connectivity index (χ1) is 15.7. The Morgan fingerprint density at radius 2 is 1.94 bits per heavy atom. The summed E-state index contributed by atoms with van der Waals surface area (Å²) in [4.78, 5) is 32.2. The van der Waals surface area contributed by atoms with Gasteiger partial charge in [0.15, 0.2) is 6.61 Å². The van der Waals surface area contributed by atoms with Crippen molar-refractivity contribution >= 4 is 34.1 Å². The van der Waals surface area contributed by atoms with Gasteiger partial charge < -0.3 is 24.9 Å². The van der Waals surface area contributed by atoms with Crippen LogP contribution >= 0.6 is 0 Å². The van der Waals surface area contributed by atoms with Gasteiger partial charge in [-0.05, 0) is 50.5 Å². The quantitative estimate of drug-likeness (QED) is 0.514. The molecule has 7 nitrogen and oxygen atoms in total. The van der Waals surface area contributed by atoms with Crippen LogP contribution in [0.3, 0.4) is 0 Å². The molecule has 0 spiro atoms. The van der Waals surface area contributed by atoms with Crippen LogP contribution in [-0.2, 0) is 11.2 Å². The molecule has 33 heavy (non-hydrogen) atoms. The molecule has 174 valence electrons. The maximum Gasteiger partial charge on any atom is 0.267 e. The number of carbonyl (C=O) groups is 2. The SMILES string of the molecule is CC1=c2c(CCNC(=O)c3cc4ccc(OCC(=O)N(C)C)cc4[nH]3)c(C)[nH]c2=C(F)CC1. The molecule has 0 saturated carbocycles. The van der Waals surface area contributed by atoms with Crippen molar-refractivity contribution in [3.05, 3.63) is 51.8 Å². The molecule has 3 aromatic rings. The largest absolute Gasteiger partial charge is 0.484 e. The number of nitrogens with zero attached hydrogens (tertiary/aromatic N) is 1. The minimum atomic E-state index is -0.211. The fraction of sp³-hybridized carbons (Fsp3) is 0.360. The number of benzene rings is 1. The van der Waals surface area contributed by atoms with Crippen molar-refractivity contribution in [3.63, 3.8) is 0 Å². The number of hydrogen-bond donors (Lipinski definition) is 3. The summed E-state index contributed by atoms with van der Waals surface area (Å²) in [6.07, 6.45) is 1.78. The molecule has 3 N–H and O–H groups in total. The van der Waals surface area contributed by atoms with Crippen LogP contribution in [0.5, 0.6) is 5.75 Å². The van der Waals surface area contributed by atoms with Gasteiger partial charge >= 0.3 is 0 Å². The molecule has 4 rings (SSSR count). The molecular weight excluding hydrogens is 423 g/mol. The second-order valence-corrected chi connectivity index (χ2v) is 8.68. The van der Waals surface area contributed by atoms with Crippen molar-refractivity contribution < 1.29 is 18.7 Å². The predicted molar refractivity (Wildman–Crippen MR) is 126 cm³/mol. The highest BCUT2D eigenvalue weighted by atomic mass is 19.1. The summed E-state index contributed by atoms with van der Waals surface area (Å²) in [6.45, 7) is 4.38. The number of nitrogens with one attached hydrogen (secondary N) is 3. The van der Waals surface area contributed by atoms with Gasteiger partial charge in [-0.1, -0.05) is 5.57 Å². The average molecular weight is 453 g/mol. The number of likely N-dealkylation sites (N-methyl/N-ethyl adjacent to an activating group) is 1. The molecule has 0 aliphatic heterocycles. The van der Waals surface area contributed by atoms with Crippen LogP contribution < -0.4 is 20.6 Å². The minimum Gasteiger partial charge on any atom is -0.484 e. The summed E-state index contributed by atoms with van der Waals surface area (Å²) in [5.74, 6) is 0.113. The number of carbonyl (C=O) groups excluding carboxylic acids is 2. The molecular formula is C25H29FN4O3. The lowest BCUT2D eigenvalue weighted by molar-refractivity contribution is -0.130. The third kappa shape index (κ3) is 4.65. The maximum atomic E-state index is 14.2. The number of aryl methyl sites for hydroxylation is 1. The number of ether oxygens (including phenoxy) is 1. The molecule has 0 fully saturated rings. The zero-order valence-electron chi connectivity index (χ0n) is 19.4. The third-order valence-corrected chi connectivity index (χ3v) is 6.09. The number of aromatic nitrogens is 2. The zero-order chi connectivity index (χ0) is 23.7. The van der Waals surface area contributed by atoms with Crippen LogP contribution in [0.1, 0.15) is 41.5 Å². The Balaban J connectivity index is 1.43. The van der Waals surface area contributed by atoms with Crippen LogP contribution in [0.2, 0.25) is 0 Å². The van der Waals surface area contributed by atoms with Crippen molar-refractivity contribution in [2.24, 2.45) is 0 Å². The molecule has 0 atom stereocenters. The van der Waals surface area contributed by atoms with E-state index in [0.717, 1.165) is 33.8 Å². The van der Waals surface area contributed by atoms with Gasteiger partial charge in [0.2, 0.25) is 0 Å². The molecule has 0 bridgehead atoms. The van der Waals surface area contributed by atoms with Gasteiger partial charge in [0.05, 0.1) is 5.35 Å².